The molecule has 6 N–H and O–H groups in total. The number of carbonyl (C=O) groups is 3. The SMILES string of the molecule is Cc1cc(N)ncc1CNC(=O)C(C)NC(CC(C=O)NC(=O)O)c1ccccc1. The first-order valence-corrected chi connectivity index (χ1v) is 9.54. The summed E-state index contributed by atoms with van der Waals surface area (Å²) in [5, 5.41) is 17.1. The van der Waals surface area contributed by atoms with Gasteiger partial charge in [-0.15, -0.1) is 0 Å². The van der Waals surface area contributed by atoms with E-state index in [1.165, 1.54) is 0 Å². The molecule has 0 saturated carbocycles. The molecule has 2 amide bonds. The Hall–Kier alpha value is -3.46. The molecule has 0 aliphatic carbocycles. The summed E-state index contributed by atoms with van der Waals surface area (Å²) < 4.78 is 0. The highest BCUT2D eigenvalue weighted by molar-refractivity contribution is 5.81. The second-order valence-corrected chi connectivity index (χ2v) is 7.03. The van der Waals surface area contributed by atoms with Crippen LogP contribution in [0.3, 0.4) is 0 Å². The molecule has 3 atom stereocenters. The number of benzene rings is 1. The molecular weight excluding hydrogens is 386 g/mol. The molecular formula is C21H27N5O4. The van der Waals surface area contributed by atoms with Crippen molar-refractivity contribution in [2.45, 2.75) is 44.9 Å². The summed E-state index contributed by atoms with van der Waals surface area (Å²) in [7, 11) is 0. The Labute approximate surface area is 175 Å². The van der Waals surface area contributed by atoms with Crippen molar-refractivity contribution in [3.8, 4) is 0 Å². The van der Waals surface area contributed by atoms with Crippen molar-refractivity contribution in [3.05, 3.63) is 59.3 Å². The summed E-state index contributed by atoms with van der Waals surface area (Å²) in [6, 6.07) is 9.08. The van der Waals surface area contributed by atoms with Crippen LogP contribution in [0.5, 0.6) is 0 Å². The normalized spacial score (nSPS) is 13.7. The molecule has 2 aromatic rings. The third-order valence-corrected chi connectivity index (χ3v) is 4.70. The van der Waals surface area contributed by atoms with Crippen molar-refractivity contribution < 1.29 is 19.5 Å². The summed E-state index contributed by atoms with van der Waals surface area (Å²) >= 11 is 0. The molecule has 9 nitrogen and oxygen atoms in total. The molecule has 2 rings (SSSR count). The zero-order valence-electron chi connectivity index (χ0n) is 17.0. The lowest BCUT2D eigenvalue weighted by Crippen LogP contribution is -2.45. The predicted octanol–water partition coefficient (Wildman–Crippen LogP) is 1.53. The summed E-state index contributed by atoms with van der Waals surface area (Å²) in [6.45, 7) is 3.90. The van der Waals surface area contributed by atoms with E-state index < -0.39 is 24.2 Å². The summed E-state index contributed by atoms with van der Waals surface area (Å²) in [6.07, 6.45) is 1.06. The minimum absolute atomic E-state index is 0.165. The second-order valence-electron chi connectivity index (χ2n) is 7.03. The smallest absolute Gasteiger partial charge is 0.405 e. The number of amides is 2. The van der Waals surface area contributed by atoms with Crippen LogP contribution in [0.2, 0.25) is 0 Å². The fraction of sp³-hybridized carbons (Fsp3) is 0.333. The second kappa shape index (κ2) is 10.9. The first-order chi connectivity index (χ1) is 14.3. The highest BCUT2D eigenvalue weighted by atomic mass is 16.4. The van der Waals surface area contributed by atoms with E-state index in [0.29, 0.717) is 18.6 Å². The molecule has 1 heterocycles. The van der Waals surface area contributed by atoms with Gasteiger partial charge in [-0.25, -0.2) is 9.78 Å². The number of hydrogen-bond acceptors (Lipinski definition) is 6. The number of aryl methyl sites for hydroxylation is 1. The number of nitrogens with two attached hydrogens (primary N) is 1. The van der Waals surface area contributed by atoms with Gasteiger partial charge < -0.3 is 26.3 Å². The molecule has 0 radical (unpaired) electrons. The quantitative estimate of drug-likeness (QED) is 0.371. The van der Waals surface area contributed by atoms with Gasteiger partial charge in [-0.05, 0) is 43.0 Å². The predicted molar refractivity (Wildman–Crippen MR) is 113 cm³/mol. The standard InChI is InChI=1S/C21H27N5O4/c1-13-8-19(22)23-10-16(13)11-24-20(28)14(2)25-18(15-6-4-3-5-7-15)9-17(12-27)26-21(29)30/h3-8,10,12,14,17-18,25-26H,9,11H2,1-2H3,(H2,22,23)(H,24,28)(H,29,30). The molecule has 0 aliphatic rings. The summed E-state index contributed by atoms with van der Waals surface area (Å²) in [5.74, 6) is 0.184. The van der Waals surface area contributed by atoms with Gasteiger partial charge in [0.25, 0.3) is 0 Å². The van der Waals surface area contributed by atoms with Crippen molar-refractivity contribution in [3.63, 3.8) is 0 Å². The first kappa shape index (κ1) is 22.8. The number of carboxylic acid groups (broad SMARTS) is 1. The number of nitrogens with one attached hydrogen (secondary N) is 3. The summed E-state index contributed by atoms with van der Waals surface area (Å²) in [5.41, 5.74) is 8.28. The Morgan fingerprint density at radius 3 is 2.57 bits per heavy atom. The summed E-state index contributed by atoms with van der Waals surface area (Å²) in [4.78, 5) is 38.8. The molecule has 1 aromatic carbocycles. The van der Waals surface area contributed by atoms with E-state index in [2.05, 4.69) is 20.9 Å². The lowest BCUT2D eigenvalue weighted by Gasteiger charge is -2.25. The van der Waals surface area contributed by atoms with Crippen molar-refractivity contribution in [1.29, 1.82) is 0 Å². The van der Waals surface area contributed by atoms with Crippen LogP contribution < -0.4 is 21.7 Å². The number of aldehydes is 1. The van der Waals surface area contributed by atoms with Gasteiger partial charge in [0, 0.05) is 18.8 Å². The molecule has 0 bridgehead atoms. The molecule has 0 fully saturated rings. The highest BCUT2D eigenvalue weighted by Crippen LogP contribution is 2.19. The Balaban J connectivity index is 2.05. The molecule has 9 heteroatoms. The van der Waals surface area contributed by atoms with Crippen molar-refractivity contribution >= 4 is 24.1 Å². The zero-order valence-corrected chi connectivity index (χ0v) is 17.0. The fourth-order valence-electron chi connectivity index (χ4n) is 3.05. The minimum atomic E-state index is -1.28. The van der Waals surface area contributed by atoms with E-state index in [1.54, 1.807) is 19.2 Å². The molecule has 30 heavy (non-hydrogen) atoms. The topological polar surface area (TPSA) is 146 Å². The highest BCUT2D eigenvalue weighted by Gasteiger charge is 2.23. The van der Waals surface area contributed by atoms with Crippen LogP contribution in [-0.2, 0) is 16.1 Å². The number of carbonyl (C=O) groups excluding carboxylic acids is 2. The van der Waals surface area contributed by atoms with E-state index in [9.17, 15) is 14.4 Å². The van der Waals surface area contributed by atoms with Crippen LogP contribution in [0, 0.1) is 6.92 Å². The van der Waals surface area contributed by atoms with Crippen molar-refractivity contribution in [2.24, 2.45) is 0 Å². The van der Waals surface area contributed by atoms with E-state index in [4.69, 9.17) is 10.8 Å². The first-order valence-electron chi connectivity index (χ1n) is 9.54. The molecule has 0 aliphatic heterocycles. The number of rotatable bonds is 10. The third-order valence-electron chi connectivity index (χ3n) is 4.70. The fourth-order valence-corrected chi connectivity index (χ4v) is 3.05. The van der Waals surface area contributed by atoms with Gasteiger partial charge in [0.15, 0.2) is 0 Å². The van der Waals surface area contributed by atoms with E-state index in [0.717, 1.165) is 16.7 Å². The van der Waals surface area contributed by atoms with Crippen LogP contribution in [0.15, 0.2) is 42.6 Å². The van der Waals surface area contributed by atoms with Gasteiger partial charge >= 0.3 is 6.09 Å². The number of nitrogen functional groups attached to an aromatic ring is 1. The largest absolute Gasteiger partial charge is 0.465 e. The Bertz CT molecular complexity index is 875. The maximum Gasteiger partial charge on any atom is 0.405 e. The van der Waals surface area contributed by atoms with Crippen molar-refractivity contribution in [2.75, 3.05) is 5.73 Å². The lowest BCUT2D eigenvalue weighted by molar-refractivity contribution is -0.123. The number of nitrogens with zero attached hydrogens (tertiary/aromatic N) is 1. The van der Waals surface area contributed by atoms with Crippen LogP contribution in [-0.4, -0.2) is 40.5 Å². The van der Waals surface area contributed by atoms with Crippen molar-refractivity contribution in [1.82, 2.24) is 20.9 Å². The Morgan fingerprint density at radius 2 is 1.97 bits per heavy atom. The molecule has 3 unspecified atom stereocenters. The molecule has 0 saturated heterocycles. The Morgan fingerprint density at radius 1 is 1.27 bits per heavy atom. The van der Waals surface area contributed by atoms with Gasteiger partial charge in [-0.2, -0.15) is 0 Å². The number of anilines is 1. The van der Waals surface area contributed by atoms with Crippen LogP contribution in [0.1, 0.15) is 36.1 Å². The van der Waals surface area contributed by atoms with Crippen LogP contribution in [0.25, 0.3) is 0 Å². The Kier molecular flexibility index (Phi) is 8.30. The van der Waals surface area contributed by atoms with Gasteiger partial charge in [-0.3, -0.25) is 10.1 Å². The average Bonchev–Trinajstić information content (AvgIpc) is 2.72. The minimum Gasteiger partial charge on any atom is -0.465 e. The van der Waals surface area contributed by atoms with Gasteiger partial charge in [0.2, 0.25) is 5.91 Å². The molecule has 0 spiro atoms. The van der Waals surface area contributed by atoms with Crippen LogP contribution >= 0.6 is 0 Å². The van der Waals surface area contributed by atoms with Gasteiger partial charge in [-0.1, -0.05) is 30.3 Å². The van der Waals surface area contributed by atoms with E-state index in [-0.39, 0.29) is 12.3 Å². The maximum atomic E-state index is 12.6. The zero-order chi connectivity index (χ0) is 22.1. The third kappa shape index (κ3) is 6.85. The van der Waals surface area contributed by atoms with Crippen LogP contribution in [0.4, 0.5) is 10.6 Å². The molecule has 1 aromatic heterocycles. The maximum absolute atomic E-state index is 12.6. The van der Waals surface area contributed by atoms with Gasteiger partial charge in [0.05, 0.1) is 12.1 Å². The average molecular weight is 413 g/mol. The molecule has 160 valence electrons. The van der Waals surface area contributed by atoms with E-state index in [1.807, 2.05) is 37.3 Å². The number of hydrogen-bond donors (Lipinski definition) is 5. The van der Waals surface area contributed by atoms with Gasteiger partial charge in [0.1, 0.15) is 12.1 Å². The number of aromatic nitrogens is 1. The lowest BCUT2D eigenvalue weighted by atomic mass is 9.98. The number of pyridine rings is 1. The monoisotopic (exact) mass is 413 g/mol. The van der Waals surface area contributed by atoms with E-state index >= 15 is 0 Å².